The Labute approximate surface area is 183 Å². The summed E-state index contributed by atoms with van der Waals surface area (Å²) in [6, 6.07) is -1.38. The van der Waals surface area contributed by atoms with Crippen molar-refractivity contribution < 1.29 is 23.9 Å². The smallest absolute Gasteiger partial charge is 0.329 e. The summed E-state index contributed by atoms with van der Waals surface area (Å²) in [5, 5.41) is 4.74. The van der Waals surface area contributed by atoms with Crippen LogP contribution in [0.3, 0.4) is 0 Å². The zero-order chi connectivity index (χ0) is 22.3. The van der Waals surface area contributed by atoms with E-state index in [1.165, 1.54) is 26.2 Å². The fraction of sp³-hybridized carbons (Fsp3) is 0.826. The number of carbonyl (C=O) groups is 4. The summed E-state index contributed by atoms with van der Waals surface area (Å²) in [5.41, 5.74) is -0.296. The maximum absolute atomic E-state index is 13.7. The van der Waals surface area contributed by atoms with Gasteiger partial charge in [0.25, 0.3) is 5.91 Å². The third-order valence-electron chi connectivity index (χ3n) is 7.60. The summed E-state index contributed by atoms with van der Waals surface area (Å²) in [6.07, 6.45) is 6.86. The second-order valence-electron chi connectivity index (χ2n) is 10.6. The average molecular weight is 434 g/mol. The zero-order valence-electron chi connectivity index (χ0n) is 18.8. The van der Waals surface area contributed by atoms with Crippen molar-refractivity contribution >= 4 is 23.8 Å². The molecule has 1 heterocycles. The van der Waals surface area contributed by atoms with E-state index in [9.17, 15) is 19.2 Å². The molecule has 4 amide bonds. The van der Waals surface area contributed by atoms with Crippen molar-refractivity contribution in [2.75, 3.05) is 6.54 Å². The lowest BCUT2D eigenvalue weighted by molar-refractivity contribution is -0.168. The molecule has 2 atom stereocenters. The molecule has 0 aromatic rings. The van der Waals surface area contributed by atoms with E-state index in [1.54, 1.807) is 18.7 Å². The molecule has 0 aromatic heterocycles. The predicted molar refractivity (Wildman–Crippen MR) is 113 cm³/mol. The molecule has 0 aromatic carbocycles. The quantitative estimate of drug-likeness (QED) is 0.648. The van der Waals surface area contributed by atoms with Crippen LogP contribution in [0, 0.1) is 23.2 Å². The van der Waals surface area contributed by atoms with Gasteiger partial charge in [0.1, 0.15) is 6.04 Å². The topological polar surface area (TPSA) is 105 Å². The largest absolute Gasteiger partial charge is 0.451 e. The lowest BCUT2D eigenvalue weighted by Crippen LogP contribution is -2.56. The number of hydrogen-bond acceptors (Lipinski definition) is 5. The van der Waals surface area contributed by atoms with Gasteiger partial charge in [0.2, 0.25) is 5.91 Å². The highest BCUT2D eigenvalue weighted by atomic mass is 16.5. The van der Waals surface area contributed by atoms with Crippen molar-refractivity contribution in [2.24, 2.45) is 23.2 Å². The van der Waals surface area contributed by atoms with Crippen LogP contribution in [-0.2, 0) is 19.1 Å². The predicted octanol–water partition coefficient (Wildman–Crippen LogP) is 2.36. The molecule has 8 heteroatoms. The maximum atomic E-state index is 13.7. The van der Waals surface area contributed by atoms with Gasteiger partial charge in [0, 0.05) is 12.6 Å². The van der Waals surface area contributed by atoms with Crippen LogP contribution in [0.2, 0.25) is 0 Å². The third-order valence-corrected chi connectivity index (χ3v) is 7.60. The SMILES string of the molecule is CC(C)NC(=O)NC(=O)[C@H](C)OC(=O)[C@@H]1CCCN1C(=O)C12CC3CC(CC(C3)C1)C2. The number of nitrogens with one attached hydrogen (secondary N) is 2. The van der Waals surface area contributed by atoms with Gasteiger partial charge in [-0.2, -0.15) is 0 Å². The number of imide groups is 1. The number of ether oxygens (including phenoxy) is 1. The lowest BCUT2D eigenvalue weighted by atomic mass is 9.49. The Bertz CT molecular complexity index is 729. The summed E-state index contributed by atoms with van der Waals surface area (Å²) in [6.45, 7) is 5.57. The molecule has 2 N–H and O–H groups in total. The number of rotatable bonds is 5. The minimum atomic E-state index is -1.11. The maximum Gasteiger partial charge on any atom is 0.329 e. The fourth-order valence-corrected chi connectivity index (χ4v) is 6.75. The van der Waals surface area contributed by atoms with Crippen LogP contribution in [0.5, 0.6) is 0 Å². The highest BCUT2D eigenvalue weighted by molar-refractivity contribution is 5.97. The van der Waals surface area contributed by atoms with Crippen molar-refractivity contribution in [1.82, 2.24) is 15.5 Å². The average Bonchev–Trinajstić information content (AvgIpc) is 3.15. The number of nitrogens with zero attached hydrogens (tertiary/aromatic N) is 1. The summed E-state index contributed by atoms with van der Waals surface area (Å²) >= 11 is 0. The van der Waals surface area contributed by atoms with Crippen LogP contribution in [0.1, 0.15) is 72.1 Å². The van der Waals surface area contributed by atoms with Crippen molar-refractivity contribution in [3.63, 3.8) is 0 Å². The molecule has 1 saturated heterocycles. The molecule has 4 bridgehead atoms. The molecule has 5 rings (SSSR count). The first kappa shape index (κ1) is 22.1. The monoisotopic (exact) mass is 433 g/mol. The van der Waals surface area contributed by atoms with Gasteiger partial charge in [-0.15, -0.1) is 0 Å². The summed E-state index contributed by atoms with van der Waals surface area (Å²) in [4.78, 5) is 52.2. The van der Waals surface area contributed by atoms with Crippen LogP contribution < -0.4 is 10.6 Å². The first-order chi connectivity index (χ1) is 14.7. The molecule has 0 unspecified atom stereocenters. The minimum absolute atomic E-state index is 0.117. The zero-order valence-corrected chi connectivity index (χ0v) is 18.8. The van der Waals surface area contributed by atoms with Gasteiger partial charge in [-0.3, -0.25) is 14.9 Å². The second-order valence-corrected chi connectivity index (χ2v) is 10.6. The van der Waals surface area contributed by atoms with E-state index in [-0.39, 0.29) is 17.4 Å². The van der Waals surface area contributed by atoms with E-state index in [2.05, 4.69) is 10.6 Å². The van der Waals surface area contributed by atoms with Crippen molar-refractivity contribution in [3.8, 4) is 0 Å². The Hall–Kier alpha value is -2.12. The number of hydrogen-bond donors (Lipinski definition) is 2. The first-order valence-electron chi connectivity index (χ1n) is 11.8. The van der Waals surface area contributed by atoms with Gasteiger partial charge < -0.3 is 15.0 Å². The first-order valence-corrected chi connectivity index (χ1v) is 11.8. The number of urea groups is 1. The van der Waals surface area contributed by atoms with E-state index in [0.717, 1.165) is 25.7 Å². The van der Waals surface area contributed by atoms with Crippen LogP contribution in [-0.4, -0.2) is 53.4 Å². The Kier molecular flexibility index (Phi) is 6.01. The molecule has 1 aliphatic heterocycles. The van der Waals surface area contributed by atoms with Crippen LogP contribution in [0.25, 0.3) is 0 Å². The van der Waals surface area contributed by atoms with E-state index < -0.39 is 30.1 Å². The van der Waals surface area contributed by atoms with E-state index in [1.807, 2.05) is 0 Å². The Morgan fingerprint density at radius 3 is 2.10 bits per heavy atom. The Morgan fingerprint density at radius 1 is 0.968 bits per heavy atom. The third kappa shape index (κ3) is 4.44. The van der Waals surface area contributed by atoms with Crippen molar-refractivity contribution in [2.45, 2.75) is 90.3 Å². The van der Waals surface area contributed by atoms with Gasteiger partial charge in [-0.05, 0) is 89.9 Å². The van der Waals surface area contributed by atoms with E-state index >= 15 is 0 Å². The molecule has 0 spiro atoms. The molecule has 31 heavy (non-hydrogen) atoms. The highest BCUT2D eigenvalue weighted by Gasteiger charge is 2.57. The van der Waals surface area contributed by atoms with Gasteiger partial charge in [-0.1, -0.05) is 0 Å². The summed E-state index contributed by atoms with van der Waals surface area (Å²) < 4.78 is 5.38. The molecule has 8 nitrogen and oxygen atoms in total. The molecule has 4 aliphatic carbocycles. The van der Waals surface area contributed by atoms with Crippen molar-refractivity contribution in [1.29, 1.82) is 0 Å². The molecule has 5 aliphatic rings. The molecule has 5 fully saturated rings. The standard InChI is InChI=1S/C23H35N3O5/c1-13(2)24-22(30)25-19(27)14(3)31-20(28)18-5-4-6-26(18)21(29)23-10-15-7-16(11-23)9-17(8-15)12-23/h13-18H,4-12H2,1-3H3,(H2,24,25,27,30)/t14-,15?,16?,17?,18-,23?/m0/s1. The lowest BCUT2D eigenvalue weighted by Gasteiger charge is -2.56. The van der Waals surface area contributed by atoms with Gasteiger partial charge in [0.05, 0.1) is 5.41 Å². The molecule has 172 valence electrons. The van der Waals surface area contributed by atoms with E-state index in [4.69, 9.17) is 4.74 Å². The number of likely N-dealkylation sites (tertiary alicyclic amines) is 1. The Morgan fingerprint density at radius 2 is 1.55 bits per heavy atom. The van der Waals surface area contributed by atoms with Crippen LogP contribution in [0.4, 0.5) is 4.79 Å². The van der Waals surface area contributed by atoms with E-state index in [0.29, 0.717) is 30.7 Å². The van der Waals surface area contributed by atoms with Crippen LogP contribution >= 0.6 is 0 Å². The van der Waals surface area contributed by atoms with Crippen LogP contribution in [0.15, 0.2) is 0 Å². The Balaban J connectivity index is 1.37. The number of amides is 4. The van der Waals surface area contributed by atoms with Gasteiger partial charge in [-0.25, -0.2) is 9.59 Å². The second kappa shape index (κ2) is 8.43. The van der Waals surface area contributed by atoms with Gasteiger partial charge in [0.15, 0.2) is 6.10 Å². The molecular formula is C23H35N3O5. The number of carbonyl (C=O) groups excluding carboxylic acids is 4. The molecule has 4 saturated carbocycles. The van der Waals surface area contributed by atoms with Gasteiger partial charge >= 0.3 is 12.0 Å². The van der Waals surface area contributed by atoms with Crippen molar-refractivity contribution in [3.05, 3.63) is 0 Å². The summed E-state index contributed by atoms with van der Waals surface area (Å²) in [5.74, 6) is 0.863. The number of esters is 1. The summed E-state index contributed by atoms with van der Waals surface area (Å²) in [7, 11) is 0. The fourth-order valence-electron chi connectivity index (χ4n) is 6.75. The molecule has 0 radical (unpaired) electrons. The molecular weight excluding hydrogens is 398 g/mol. The highest BCUT2D eigenvalue weighted by Crippen LogP contribution is 2.60. The normalized spacial score (nSPS) is 34.5. The minimum Gasteiger partial charge on any atom is -0.451 e.